The lowest BCUT2D eigenvalue weighted by Crippen LogP contribution is -2.39. The zero-order valence-corrected chi connectivity index (χ0v) is 14.0. The second-order valence-corrected chi connectivity index (χ2v) is 6.27. The summed E-state index contributed by atoms with van der Waals surface area (Å²) >= 11 is 1.22. The van der Waals surface area contributed by atoms with Gasteiger partial charge in [0.25, 0.3) is 11.5 Å². The summed E-state index contributed by atoms with van der Waals surface area (Å²) in [5, 5.41) is 4.58. The molecule has 3 heterocycles. The Bertz CT molecular complexity index is 1090. The number of nitrogens with zero attached hydrogens (tertiary/aromatic N) is 2. The Kier molecular flexibility index (Phi) is 4.01. The molecular weight excluding hydrogens is 360 g/mol. The number of thiazole rings is 1. The van der Waals surface area contributed by atoms with E-state index in [0.29, 0.717) is 22.2 Å². The third-order valence-electron chi connectivity index (χ3n) is 3.74. The zero-order chi connectivity index (χ0) is 18.1. The van der Waals surface area contributed by atoms with Gasteiger partial charge in [-0.3, -0.25) is 19.5 Å². The number of hydrogen-bond acceptors (Lipinski definition) is 7. The lowest BCUT2D eigenvalue weighted by Gasteiger charge is -2.08. The molecule has 1 aliphatic heterocycles. The molecule has 0 radical (unpaired) electrons. The Morgan fingerprint density at radius 2 is 2.15 bits per heavy atom. The molecule has 2 aromatic heterocycles. The van der Waals surface area contributed by atoms with E-state index >= 15 is 0 Å². The first-order valence-electron chi connectivity index (χ1n) is 7.54. The van der Waals surface area contributed by atoms with Gasteiger partial charge in [-0.25, -0.2) is 9.78 Å². The van der Waals surface area contributed by atoms with Crippen LogP contribution in [-0.2, 0) is 6.54 Å². The largest absolute Gasteiger partial charge is 0.454 e. The Labute approximate surface area is 149 Å². The molecule has 4 rings (SSSR count). The molecule has 3 aromatic rings. The van der Waals surface area contributed by atoms with Gasteiger partial charge in [-0.1, -0.05) is 6.07 Å². The average molecular weight is 372 g/mol. The fourth-order valence-corrected chi connectivity index (χ4v) is 3.01. The van der Waals surface area contributed by atoms with Gasteiger partial charge in [-0.05, 0) is 17.7 Å². The van der Waals surface area contributed by atoms with Crippen LogP contribution in [-0.4, -0.2) is 27.2 Å². The van der Waals surface area contributed by atoms with E-state index < -0.39 is 17.2 Å². The standard InChI is InChI=1S/C16H12N4O5S/c21-13(19-15-17-3-4-26-15)10-6-18-16(23)20(14(10)22)7-9-1-2-11-12(5-9)25-8-24-11/h1-6H,7-8H2,(H,18,23)(H,17,19,21). The molecular formula is C16H12N4O5S. The molecule has 0 saturated carbocycles. The number of carbonyl (C=O) groups is 1. The van der Waals surface area contributed by atoms with Crippen LogP contribution in [0, 0.1) is 0 Å². The summed E-state index contributed by atoms with van der Waals surface area (Å²) in [4.78, 5) is 43.3. The van der Waals surface area contributed by atoms with Crippen LogP contribution in [0.5, 0.6) is 11.5 Å². The number of rotatable bonds is 4. The summed E-state index contributed by atoms with van der Waals surface area (Å²) in [7, 11) is 0. The quantitative estimate of drug-likeness (QED) is 0.707. The van der Waals surface area contributed by atoms with Crippen LogP contribution in [0.3, 0.4) is 0 Å². The van der Waals surface area contributed by atoms with Gasteiger partial charge in [-0.15, -0.1) is 11.3 Å². The molecule has 10 heteroatoms. The van der Waals surface area contributed by atoms with Crippen molar-refractivity contribution in [2.45, 2.75) is 6.54 Å². The molecule has 0 fully saturated rings. The number of amides is 1. The number of hydrogen-bond donors (Lipinski definition) is 2. The lowest BCUT2D eigenvalue weighted by atomic mass is 10.2. The SMILES string of the molecule is O=C(Nc1nccs1)c1c[nH]c(=O)n(Cc2ccc3c(c2)OCO3)c1=O. The van der Waals surface area contributed by atoms with Crippen LogP contribution >= 0.6 is 11.3 Å². The Morgan fingerprint density at radius 1 is 1.31 bits per heavy atom. The Morgan fingerprint density at radius 3 is 2.96 bits per heavy atom. The maximum Gasteiger partial charge on any atom is 0.328 e. The number of ether oxygens (including phenoxy) is 2. The number of nitrogens with one attached hydrogen (secondary N) is 2. The molecule has 0 saturated heterocycles. The van der Waals surface area contributed by atoms with E-state index in [1.165, 1.54) is 17.5 Å². The third kappa shape index (κ3) is 2.97. The fourth-order valence-electron chi connectivity index (χ4n) is 2.49. The maximum atomic E-state index is 12.6. The van der Waals surface area contributed by atoms with E-state index in [-0.39, 0.29) is 18.9 Å². The highest BCUT2D eigenvalue weighted by atomic mass is 32.1. The van der Waals surface area contributed by atoms with Crippen molar-refractivity contribution in [2.75, 3.05) is 12.1 Å². The minimum absolute atomic E-state index is 0.0107. The number of anilines is 1. The minimum Gasteiger partial charge on any atom is -0.454 e. The fraction of sp³-hybridized carbons (Fsp3) is 0.125. The number of aromatic amines is 1. The second-order valence-electron chi connectivity index (χ2n) is 5.38. The van der Waals surface area contributed by atoms with Crippen molar-refractivity contribution < 1.29 is 14.3 Å². The molecule has 0 atom stereocenters. The van der Waals surface area contributed by atoms with Gasteiger partial charge < -0.3 is 14.5 Å². The molecule has 132 valence electrons. The highest BCUT2D eigenvalue weighted by Gasteiger charge is 2.17. The number of H-pyrrole nitrogens is 1. The van der Waals surface area contributed by atoms with Crippen LogP contribution < -0.4 is 26.0 Å². The number of benzene rings is 1. The normalized spacial score (nSPS) is 12.2. The van der Waals surface area contributed by atoms with E-state index in [1.54, 1.807) is 23.6 Å². The first kappa shape index (κ1) is 16.1. The third-order valence-corrected chi connectivity index (χ3v) is 4.42. The van der Waals surface area contributed by atoms with Gasteiger partial charge in [0.15, 0.2) is 16.6 Å². The minimum atomic E-state index is -0.694. The van der Waals surface area contributed by atoms with Gasteiger partial charge in [-0.2, -0.15) is 0 Å². The summed E-state index contributed by atoms with van der Waals surface area (Å²) in [5.41, 5.74) is -0.821. The molecule has 9 nitrogen and oxygen atoms in total. The molecule has 1 aromatic carbocycles. The predicted octanol–water partition coefficient (Wildman–Crippen LogP) is 1.02. The Balaban J connectivity index is 1.65. The summed E-state index contributed by atoms with van der Waals surface area (Å²) in [6, 6.07) is 5.12. The summed E-state index contributed by atoms with van der Waals surface area (Å²) in [5.74, 6) is 0.511. The van der Waals surface area contributed by atoms with Crippen LogP contribution in [0.4, 0.5) is 5.13 Å². The molecule has 0 unspecified atom stereocenters. The van der Waals surface area contributed by atoms with Gasteiger partial charge in [0, 0.05) is 17.8 Å². The van der Waals surface area contributed by atoms with Crippen molar-refractivity contribution in [3.63, 3.8) is 0 Å². The highest BCUT2D eigenvalue weighted by molar-refractivity contribution is 7.13. The van der Waals surface area contributed by atoms with E-state index in [1.807, 2.05) is 0 Å². The van der Waals surface area contributed by atoms with E-state index in [2.05, 4.69) is 15.3 Å². The van der Waals surface area contributed by atoms with Gasteiger partial charge in [0.1, 0.15) is 5.56 Å². The molecule has 0 aliphatic carbocycles. The summed E-state index contributed by atoms with van der Waals surface area (Å²) in [6.45, 7) is 0.120. The molecule has 0 spiro atoms. The summed E-state index contributed by atoms with van der Waals surface area (Å²) < 4.78 is 11.5. The van der Waals surface area contributed by atoms with Crippen LogP contribution in [0.15, 0.2) is 45.6 Å². The highest BCUT2D eigenvalue weighted by Crippen LogP contribution is 2.32. The molecule has 26 heavy (non-hydrogen) atoms. The van der Waals surface area contributed by atoms with Crippen molar-refractivity contribution in [1.29, 1.82) is 0 Å². The van der Waals surface area contributed by atoms with Crippen LogP contribution in [0.1, 0.15) is 15.9 Å². The van der Waals surface area contributed by atoms with Gasteiger partial charge in [0.05, 0.1) is 6.54 Å². The number of fused-ring (bicyclic) bond motifs is 1. The topological polar surface area (TPSA) is 115 Å². The first-order valence-corrected chi connectivity index (χ1v) is 8.41. The van der Waals surface area contributed by atoms with Crippen LogP contribution in [0.25, 0.3) is 0 Å². The van der Waals surface area contributed by atoms with Crippen molar-refractivity contribution in [2.24, 2.45) is 0 Å². The van der Waals surface area contributed by atoms with Crippen LogP contribution in [0.2, 0.25) is 0 Å². The van der Waals surface area contributed by atoms with Crippen molar-refractivity contribution in [1.82, 2.24) is 14.5 Å². The smallest absolute Gasteiger partial charge is 0.328 e. The summed E-state index contributed by atoms with van der Waals surface area (Å²) in [6.07, 6.45) is 2.63. The average Bonchev–Trinajstić information content (AvgIpc) is 3.29. The van der Waals surface area contributed by atoms with Gasteiger partial charge >= 0.3 is 5.69 Å². The second kappa shape index (κ2) is 6.48. The van der Waals surface area contributed by atoms with E-state index in [0.717, 1.165) is 10.8 Å². The monoisotopic (exact) mass is 372 g/mol. The predicted molar refractivity (Wildman–Crippen MR) is 93.1 cm³/mol. The Hall–Kier alpha value is -3.40. The number of aromatic nitrogens is 3. The van der Waals surface area contributed by atoms with E-state index in [4.69, 9.17) is 9.47 Å². The maximum absolute atomic E-state index is 12.6. The van der Waals surface area contributed by atoms with Crippen molar-refractivity contribution in [3.8, 4) is 11.5 Å². The molecule has 1 aliphatic rings. The first-order chi connectivity index (χ1) is 12.6. The number of carbonyl (C=O) groups excluding carboxylic acids is 1. The lowest BCUT2D eigenvalue weighted by molar-refractivity contribution is 0.102. The van der Waals surface area contributed by atoms with E-state index in [9.17, 15) is 14.4 Å². The van der Waals surface area contributed by atoms with Crippen molar-refractivity contribution >= 4 is 22.4 Å². The molecule has 2 N–H and O–H groups in total. The zero-order valence-electron chi connectivity index (χ0n) is 13.2. The van der Waals surface area contributed by atoms with Crippen molar-refractivity contribution in [3.05, 3.63) is 67.9 Å². The molecule has 0 bridgehead atoms. The van der Waals surface area contributed by atoms with Gasteiger partial charge in [0.2, 0.25) is 6.79 Å². The molecule has 1 amide bonds.